The van der Waals surface area contributed by atoms with E-state index in [9.17, 15) is 9.59 Å². The second-order valence-corrected chi connectivity index (χ2v) is 6.83. The van der Waals surface area contributed by atoms with E-state index in [1.807, 2.05) is 0 Å². The Kier molecular flexibility index (Phi) is 7.24. The van der Waals surface area contributed by atoms with Crippen LogP contribution in [-0.2, 0) is 27.3 Å². The Labute approximate surface area is 155 Å². The van der Waals surface area contributed by atoms with Crippen LogP contribution < -0.4 is 9.47 Å². The second-order valence-electron chi connectivity index (χ2n) is 6.83. The highest BCUT2D eigenvalue weighted by atomic mass is 16.5. The summed E-state index contributed by atoms with van der Waals surface area (Å²) in [5.41, 5.74) is 1.44. The lowest BCUT2D eigenvalue weighted by Gasteiger charge is -2.23. The minimum atomic E-state index is -0.656. The van der Waals surface area contributed by atoms with Gasteiger partial charge in [0, 0.05) is 11.1 Å². The molecule has 0 bridgehead atoms. The number of rotatable bonds is 7. The van der Waals surface area contributed by atoms with E-state index in [1.54, 1.807) is 33.8 Å². The smallest absolute Gasteiger partial charge is 0.342 e. The van der Waals surface area contributed by atoms with E-state index in [0.29, 0.717) is 34.6 Å². The second kappa shape index (κ2) is 8.74. The molecular weight excluding hydrogens is 336 g/mol. The number of esters is 2. The molecule has 1 aromatic rings. The average molecular weight is 364 g/mol. The van der Waals surface area contributed by atoms with Crippen molar-refractivity contribution in [2.24, 2.45) is 5.41 Å². The number of ether oxygens (including phenoxy) is 4. The van der Waals surface area contributed by atoms with Crippen LogP contribution in [0.15, 0.2) is 12.7 Å². The maximum absolute atomic E-state index is 12.5. The largest absolute Gasteiger partial charge is 0.496 e. The Bertz CT molecular complexity index is 697. The molecule has 0 aliphatic carbocycles. The summed E-state index contributed by atoms with van der Waals surface area (Å²) in [6, 6.07) is 0. The van der Waals surface area contributed by atoms with Crippen LogP contribution >= 0.6 is 0 Å². The van der Waals surface area contributed by atoms with Crippen LogP contribution in [-0.4, -0.2) is 33.3 Å². The molecule has 0 aromatic heterocycles. The fraction of sp³-hybridized carbons (Fsp3) is 0.500. The molecule has 0 saturated heterocycles. The predicted octanol–water partition coefficient (Wildman–Crippen LogP) is 3.62. The van der Waals surface area contributed by atoms with Gasteiger partial charge in [0.05, 0.1) is 26.7 Å². The fourth-order valence-electron chi connectivity index (χ4n) is 2.63. The van der Waals surface area contributed by atoms with Crippen molar-refractivity contribution in [1.82, 2.24) is 0 Å². The number of methoxy groups -OCH3 is 3. The molecule has 0 radical (unpaired) electrons. The van der Waals surface area contributed by atoms with Gasteiger partial charge in [-0.3, -0.25) is 4.79 Å². The molecule has 0 fully saturated rings. The summed E-state index contributed by atoms with van der Waals surface area (Å²) in [6.45, 7) is 10.7. The van der Waals surface area contributed by atoms with Crippen molar-refractivity contribution >= 4 is 11.9 Å². The topological polar surface area (TPSA) is 71.1 Å². The lowest BCUT2D eigenvalue weighted by Crippen LogP contribution is -2.24. The summed E-state index contributed by atoms with van der Waals surface area (Å²) in [5.74, 6) is -0.0437. The van der Waals surface area contributed by atoms with Crippen molar-refractivity contribution in [3.8, 4) is 11.5 Å². The molecule has 0 saturated carbocycles. The summed E-state index contributed by atoms with van der Waals surface area (Å²) < 4.78 is 21.4. The maximum Gasteiger partial charge on any atom is 0.342 e. The van der Waals surface area contributed by atoms with Gasteiger partial charge in [-0.05, 0) is 39.7 Å². The highest BCUT2D eigenvalue weighted by Crippen LogP contribution is 2.40. The Balaban J connectivity index is 3.63. The van der Waals surface area contributed by atoms with Crippen LogP contribution in [0.2, 0.25) is 0 Å². The Hall–Kier alpha value is -2.50. The highest BCUT2D eigenvalue weighted by molar-refractivity contribution is 5.96. The maximum atomic E-state index is 12.5. The average Bonchev–Trinajstić information content (AvgIpc) is 2.59. The molecule has 0 heterocycles. The number of hydrogen-bond donors (Lipinski definition) is 0. The predicted molar refractivity (Wildman–Crippen MR) is 98.8 cm³/mol. The van der Waals surface area contributed by atoms with Crippen molar-refractivity contribution in [3.63, 3.8) is 0 Å². The minimum Gasteiger partial charge on any atom is -0.496 e. The summed E-state index contributed by atoms with van der Waals surface area (Å²) in [7, 11) is 4.30. The van der Waals surface area contributed by atoms with Crippen LogP contribution in [0.1, 0.15) is 47.8 Å². The van der Waals surface area contributed by atoms with E-state index in [4.69, 9.17) is 18.9 Å². The third-order valence-electron chi connectivity index (χ3n) is 3.98. The first-order valence-electron chi connectivity index (χ1n) is 8.26. The number of carbonyl (C=O) groups is 2. The van der Waals surface area contributed by atoms with Crippen molar-refractivity contribution in [3.05, 3.63) is 34.9 Å². The molecule has 0 unspecified atom stereocenters. The summed E-state index contributed by atoms with van der Waals surface area (Å²) in [4.78, 5) is 24.6. The summed E-state index contributed by atoms with van der Waals surface area (Å²) >= 11 is 0. The molecule has 1 aromatic carbocycles. The van der Waals surface area contributed by atoms with E-state index >= 15 is 0 Å². The van der Waals surface area contributed by atoms with Gasteiger partial charge in [0.1, 0.15) is 23.7 Å². The number of carbonyl (C=O) groups excluding carboxylic acids is 2. The first-order valence-corrected chi connectivity index (χ1v) is 8.26. The van der Waals surface area contributed by atoms with Gasteiger partial charge in [-0.2, -0.15) is 0 Å². The van der Waals surface area contributed by atoms with Crippen LogP contribution in [0.4, 0.5) is 0 Å². The van der Waals surface area contributed by atoms with E-state index in [1.165, 1.54) is 21.3 Å². The number of allylic oxidation sites excluding steroid dienone is 1. The SMILES string of the molecule is C=CCc1c(OC)c(C)c(COC(=O)C(C)(C)C)c(C(=O)OC)c1OC. The summed E-state index contributed by atoms with van der Waals surface area (Å²) in [5, 5.41) is 0. The number of benzene rings is 1. The Morgan fingerprint density at radius 1 is 1.04 bits per heavy atom. The molecule has 0 atom stereocenters. The van der Waals surface area contributed by atoms with Gasteiger partial charge in [0.15, 0.2) is 0 Å². The van der Waals surface area contributed by atoms with Crippen molar-refractivity contribution in [1.29, 1.82) is 0 Å². The lowest BCUT2D eigenvalue weighted by molar-refractivity contribution is -0.154. The molecule has 6 nitrogen and oxygen atoms in total. The van der Waals surface area contributed by atoms with Gasteiger partial charge < -0.3 is 18.9 Å². The first kappa shape index (κ1) is 21.5. The Morgan fingerprint density at radius 3 is 2.04 bits per heavy atom. The highest BCUT2D eigenvalue weighted by Gasteiger charge is 2.30. The van der Waals surface area contributed by atoms with E-state index in [0.717, 1.165) is 0 Å². The monoisotopic (exact) mass is 364 g/mol. The molecule has 1 rings (SSSR count). The van der Waals surface area contributed by atoms with Crippen LogP contribution in [0, 0.1) is 12.3 Å². The Morgan fingerprint density at radius 2 is 1.62 bits per heavy atom. The molecule has 0 spiro atoms. The lowest BCUT2D eigenvalue weighted by atomic mass is 9.93. The van der Waals surface area contributed by atoms with Gasteiger partial charge in [0.25, 0.3) is 0 Å². The first-order chi connectivity index (χ1) is 12.1. The summed E-state index contributed by atoms with van der Waals surface area (Å²) in [6.07, 6.45) is 2.14. The minimum absolute atomic E-state index is 0.0898. The van der Waals surface area contributed by atoms with Crippen LogP contribution in [0.5, 0.6) is 11.5 Å². The fourth-order valence-corrected chi connectivity index (χ4v) is 2.63. The molecule has 6 heteroatoms. The zero-order chi connectivity index (χ0) is 20.1. The van der Waals surface area contributed by atoms with Gasteiger partial charge in [-0.25, -0.2) is 4.79 Å². The van der Waals surface area contributed by atoms with Crippen LogP contribution in [0.3, 0.4) is 0 Å². The van der Waals surface area contributed by atoms with Crippen LogP contribution in [0.25, 0.3) is 0 Å². The standard InChI is InChI=1S/C20H28O6/c1-9-10-13-16(23-6)12(2)14(11-26-19(22)20(3,4)5)15(17(13)24-7)18(21)25-8/h9H,1,10-11H2,2-8H3. The molecule has 0 amide bonds. The van der Waals surface area contributed by atoms with E-state index < -0.39 is 11.4 Å². The zero-order valence-electron chi connectivity index (χ0n) is 16.6. The van der Waals surface area contributed by atoms with Gasteiger partial charge >= 0.3 is 11.9 Å². The van der Waals surface area contributed by atoms with Gasteiger partial charge in [-0.15, -0.1) is 6.58 Å². The van der Waals surface area contributed by atoms with Gasteiger partial charge in [-0.1, -0.05) is 6.08 Å². The van der Waals surface area contributed by atoms with E-state index in [2.05, 4.69) is 6.58 Å². The molecule has 144 valence electrons. The number of hydrogen-bond acceptors (Lipinski definition) is 6. The molecular formula is C20H28O6. The third kappa shape index (κ3) is 4.36. The van der Waals surface area contributed by atoms with E-state index in [-0.39, 0.29) is 18.1 Å². The quantitative estimate of drug-likeness (QED) is 0.544. The van der Waals surface area contributed by atoms with Crippen molar-refractivity contribution in [2.45, 2.75) is 40.7 Å². The normalized spacial score (nSPS) is 10.9. The molecule has 0 N–H and O–H groups in total. The van der Waals surface area contributed by atoms with Crippen molar-refractivity contribution in [2.75, 3.05) is 21.3 Å². The molecule has 0 aliphatic heterocycles. The molecule has 26 heavy (non-hydrogen) atoms. The van der Waals surface area contributed by atoms with Gasteiger partial charge in [0.2, 0.25) is 0 Å². The zero-order valence-corrected chi connectivity index (χ0v) is 16.6. The third-order valence-corrected chi connectivity index (χ3v) is 3.98. The molecule has 0 aliphatic rings. The van der Waals surface area contributed by atoms with Crippen molar-refractivity contribution < 1.29 is 28.5 Å².